The molecule has 1 saturated heterocycles. The third-order valence-corrected chi connectivity index (χ3v) is 4.41. The molecule has 0 aromatic heterocycles. The molecular formula is C16H25NO2. The summed E-state index contributed by atoms with van der Waals surface area (Å²) in [6.45, 7) is 7.19. The van der Waals surface area contributed by atoms with Gasteiger partial charge in [0.15, 0.2) is 0 Å². The van der Waals surface area contributed by atoms with E-state index in [0.29, 0.717) is 0 Å². The Labute approximate surface area is 116 Å². The molecule has 1 fully saturated rings. The molecule has 3 nitrogen and oxygen atoms in total. The molecule has 1 heterocycles. The number of benzene rings is 1. The first-order valence-corrected chi connectivity index (χ1v) is 7.20. The maximum absolute atomic E-state index is 6.19. The zero-order chi connectivity index (χ0) is 13.7. The minimum atomic E-state index is 0.0797. The van der Waals surface area contributed by atoms with Gasteiger partial charge >= 0.3 is 0 Å². The van der Waals surface area contributed by atoms with Crippen molar-refractivity contribution >= 4 is 0 Å². The van der Waals surface area contributed by atoms with Gasteiger partial charge < -0.3 is 14.8 Å². The molecule has 0 saturated carbocycles. The van der Waals surface area contributed by atoms with Gasteiger partial charge in [-0.25, -0.2) is 0 Å². The van der Waals surface area contributed by atoms with Gasteiger partial charge in [0.25, 0.3) is 0 Å². The highest BCUT2D eigenvalue weighted by Crippen LogP contribution is 2.34. The van der Waals surface area contributed by atoms with Crippen molar-refractivity contribution in [3.63, 3.8) is 0 Å². The molecule has 1 atom stereocenters. The number of hydrogen-bond donors (Lipinski definition) is 1. The van der Waals surface area contributed by atoms with E-state index in [2.05, 4.69) is 25.2 Å². The normalized spacial score (nSPS) is 22.8. The highest BCUT2D eigenvalue weighted by Gasteiger charge is 2.31. The average Bonchev–Trinajstić information content (AvgIpc) is 2.70. The minimum Gasteiger partial charge on any atom is -0.496 e. The summed E-state index contributed by atoms with van der Waals surface area (Å²) in [7, 11) is 1.71. The lowest BCUT2D eigenvalue weighted by Crippen LogP contribution is -2.34. The molecule has 19 heavy (non-hydrogen) atoms. The van der Waals surface area contributed by atoms with Crippen LogP contribution in [0.1, 0.15) is 38.4 Å². The third-order valence-electron chi connectivity index (χ3n) is 4.41. The Balaban J connectivity index is 2.15. The van der Waals surface area contributed by atoms with Crippen LogP contribution in [-0.2, 0) is 4.74 Å². The smallest absolute Gasteiger partial charge is 0.124 e. The molecular weight excluding hydrogens is 238 g/mol. The minimum absolute atomic E-state index is 0.0797. The van der Waals surface area contributed by atoms with Gasteiger partial charge in [-0.2, -0.15) is 0 Å². The summed E-state index contributed by atoms with van der Waals surface area (Å²) in [6.07, 6.45) is 2.38. The molecule has 1 N–H and O–H groups in total. The van der Waals surface area contributed by atoms with Gasteiger partial charge in [0, 0.05) is 24.1 Å². The second kappa shape index (κ2) is 6.40. The molecule has 1 aromatic rings. The van der Waals surface area contributed by atoms with Crippen LogP contribution in [0.4, 0.5) is 0 Å². The highest BCUT2D eigenvalue weighted by atomic mass is 16.5. The van der Waals surface area contributed by atoms with Crippen LogP contribution in [0.2, 0.25) is 0 Å². The maximum atomic E-state index is 6.19. The van der Waals surface area contributed by atoms with Gasteiger partial charge in [0.05, 0.1) is 19.8 Å². The molecule has 0 amide bonds. The lowest BCUT2D eigenvalue weighted by Gasteiger charge is -2.29. The van der Waals surface area contributed by atoms with E-state index in [1.165, 1.54) is 0 Å². The largest absolute Gasteiger partial charge is 0.496 e. The predicted molar refractivity (Wildman–Crippen MR) is 77.6 cm³/mol. The summed E-state index contributed by atoms with van der Waals surface area (Å²) in [4.78, 5) is 0. The van der Waals surface area contributed by atoms with E-state index in [1.54, 1.807) is 7.11 Å². The molecule has 0 bridgehead atoms. The van der Waals surface area contributed by atoms with Gasteiger partial charge in [-0.1, -0.05) is 32.0 Å². The number of hydrogen-bond acceptors (Lipinski definition) is 3. The molecule has 1 aliphatic heterocycles. The predicted octanol–water partition coefficient (Wildman–Crippen LogP) is 3.16. The number of ether oxygens (including phenoxy) is 2. The fourth-order valence-electron chi connectivity index (χ4n) is 2.69. The van der Waals surface area contributed by atoms with Crippen molar-refractivity contribution in [1.82, 2.24) is 5.32 Å². The van der Waals surface area contributed by atoms with E-state index in [9.17, 15) is 0 Å². The van der Waals surface area contributed by atoms with Crippen LogP contribution < -0.4 is 10.1 Å². The van der Waals surface area contributed by atoms with Crippen LogP contribution in [0, 0.1) is 5.41 Å². The van der Waals surface area contributed by atoms with Crippen molar-refractivity contribution in [2.45, 2.75) is 32.8 Å². The first-order chi connectivity index (χ1) is 9.24. The van der Waals surface area contributed by atoms with E-state index in [1.807, 2.05) is 18.2 Å². The first-order valence-electron chi connectivity index (χ1n) is 7.20. The van der Waals surface area contributed by atoms with E-state index in [-0.39, 0.29) is 11.5 Å². The molecule has 106 valence electrons. The van der Waals surface area contributed by atoms with Crippen LogP contribution in [0.25, 0.3) is 0 Å². The molecule has 0 spiro atoms. The maximum Gasteiger partial charge on any atom is 0.124 e. The van der Waals surface area contributed by atoms with Crippen molar-refractivity contribution in [2.75, 3.05) is 26.8 Å². The van der Waals surface area contributed by atoms with Crippen molar-refractivity contribution < 1.29 is 9.47 Å². The van der Waals surface area contributed by atoms with Crippen molar-refractivity contribution in [3.8, 4) is 5.75 Å². The lowest BCUT2D eigenvalue weighted by atomic mass is 9.83. The monoisotopic (exact) mass is 263 g/mol. The molecule has 1 unspecified atom stereocenters. The third kappa shape index (κ3) is 3.10. The van der Waals surface area contributed by atoms with Crippen molar-refractivity contribution in [2.24, 2.45) is 5.41 Å². The molecule has 0 radical (unpaired) electrons. The Morgan fingerprint density at radius 1 is 1.32 bits per heavy atom. The summed E-state index contributed by atoms with van der Waals surface area (Å²) in [6, 6.07) is 8.13. The summed E-state index contributed by atoms with van der Waals surface area (Å²) in [5.74, 6) is 0.912. The summed E-state index contributed by atoms with van der Waals surface area (Å²) < 4.78 is 11.6. The van der Waals surface area contributed by atoms with E-state index in [0.717, 1.165) is 43.9 Å². The van der Waals surface area contributed by atoms with Gasteiger partial charge in [0.2, 0.25) is 0 Å². The second-order valence-electron chi connectivity index (χ2n) is 5.38. The van der Waals surface area contributed by atoms with E-state index < -0.39 is 0 Å². The fourth-order valence-corrected chi connectivity index (χ4v) is 2.69. The Morgan fingerprint density at radius 3 is 2.74 bits per heavy atom. The average molecular weight is 263 g/mol. The second-order valence-corrected chi connectivity index (χ2v) is 5.38. The van der Waals surface area contributed by atoms with Gasteiger partial charge in [-0.3, -0.25) is 0 Å². The quantitative estimate of drug-likeness (QED) is 0.905. The fraction of sp³-hybridized carbons (Fsp3) is 0.625. The number of methoxy groups -OCH3 is 1. The Morgan fingerprint density at radius 2 is 2.05 bits per heavy atom. The van der Waals surface area contributed by atoms with E-state index >= 15 is 0 Å². The zero-order valence-corrected chi connectivity index (χ0v) is 12.2. The van der Waals surface area contributed by atoms with Gasteiger partial charge in [-0.15, -0.1) is 0 Å². The summed E-state index contributed by atoms with van der Waals surface area (Å²) >= 11 is 0. The molecule has 3 heteroatoms. The number of nitrogens with one attached hydrogen (secondary N) is 1. The van der Waals surface area contributed by atoms with E-state index in [4.69, 9.17) is 9.47 Å². The number of rotatable bonds is 4. The Bertz CT molecular complexity index is 401. The van der Waals surface area contributed by atoms with Crippen LogP contribution in [-0.4, -0.2) is 26.8 Å². The molecule has 1 aliphatic rings. The molecule has 1 aromatic carbocycles. The Kier molecular flexibility index (Phi) is 4.83. The van der Waals surface area contributed by atoms with Crippen LogP contribution in [0.15, 0.2) is 24.3 Å². The summed E-state index contributed by atoms with van der Waals surface area (Å²) in [5.41, 5.74) is 1.41. The SMILES string of the molecule is CCC1(CC)CNCC(c2ccccc2OC)OC1. The van der Waals surface area contributed by atoms with Crippen LogP contribution in [0.5, 0.6) is 5.75 Å². The van der Waals surface area contributed by atoms with Gasteiger partial charge in [-0.05, 0) is 18.9 Å². The topological polar surface area (TPSA) is 30.5 Å². The Hall–Kier alpha value is -1.06. The van der Waals surface area contributed by atoms with Gasteiger partial charge in [0.1, 0.15) is 5.75 Å². The molecule has 2 rings (SSSR count). The van der Waals surface area contributed by atoms with Crippen LogP contribution >= 0.6 is 0 Å². The highest BCUT2D eigenvalue weighted by molar-refractivity contribution is 5.35. The molecule has 0 aliphatic carbocycles. The zero-order valence-electron chi connectivity index (χ0n) is 12.2. The lowest BCUT2D eigenvalue weighted by molar-refractivity contribution is 0.00930. The number of para-hydroxylation sites is 1. The van der Waals surface area contributed by atoms with Crippen LogP contribution in [0.3, 0.4) is 0 Å². The summed E-state index contributed by atoms with van der Waals surface area (Å²) in [5, 5.41) is 3.56. The van der Waals surface area contributed by atoms with Crippen molar-refractivity contribution in [3.05, 3.63) is 29.8 Å². The first kappa shape index (κ1) is 14.4. The standard InChI is InChI=1S/C16H25NO2/c1-4-16(5-2)11-17-10-15(19-12-16)13-8-6-7-9-14(13)18-3/h6-9,15,17H,4-5,10-12H2,1-3H3. The van der Waals surface area contributed by atoms with Crippen molar-refractivity contribution in [1.29, 1.82) is 0 Å².